The second-order valence-electron chi connectivity index (χ2n) is 17.0. The van der Waals surface area contributed by atoms with Crippen molar-refractivity contribution in [3.63, 3.8) is 0 Å². The number of hydrogen-bond donors (Lipinski definition) is 0. The van der Waals surface area contributed by atoms with E-state index >= 15 is 0 Å². The van der Waals surface area contributed by atoms with Crippen LogP contribution in [0.25, 0.3) is 0 Å². The molecule has 1 atom stereocenters. The zero-order chi connectivity index (χ0) is 39.0. The molecule has 0 saturated carbocycles. The van der Waals surface area contributed by atoms with Gasteiger partial charge in [-0.05, 0) is 31.1 Å². The molecule has 6 nitrogen and oxygen atoms in total. The third-order valence-electron chi connectivity index (χ3n) is 10.5. The minimum absolute atomic E-state index is 0.0655. The van der Waals surface area contributed by atoms with Gasteiger partial charge >= 0.3 is 17.9 Å². The van der Waals surface area contributed by atoms with Gasteiger partial charge in [-0.3, -0.25) is 14.4 Å². The quantitative estimate of drug-likeness (QED) is 0.0352. The summed E-state index contributed by atoms with van der Waals surface area (Å²) in [6.07, 6.45) is 38.3. The van der Waals surface area contributed by atoms with Crippen molar-refractivity contribution in [2.24, 2.45) is 11.8 Å². The highest BCUT2D eigenvalue weighted by Crippen LogP contribution is 2.17. The molecule has 314 valence electrons. The molecule has 0 radical (unpaired) electrons. The topological polar surface area (TPSA) is 78.9 Å². The Labute approximate surface area is 329 Å². The number of ether oxygens (including phenoxy) is 3. The third kappa shape index (κ3) is 41.4. The maximum Gasteiger partial charge on any atom is 0.306 e. The van der Waals surface area contributed by atoms with E-state index < -0.39 is 6.10 Å². The summed E-state index contributed by atoms with van der Waals surface area (Å²) in [5.41, 5.74) is 0. The zero-order valence-corrected chi connectivity index (χ0v) is 36.1. The fourth-order valence-electron chi connectivity index (χ4n) is 6.93. The summed E-state index contributed by atoms with van der Waals surface area (Å²) < 4.78 is 16.7. The molecule has 0 bridgehead atoms. The van der Waals surface area contributed by atoms with Gasteiger partial charge in [-0.1, -0.05) is 214 Å². The van der Waals surface area contributed by atoms with Gasteiger partial charge in [0.05, 0.1) is 0 Å². The Morgan fingerprint density at radius 3 is 0.925 bits per heavy atom. The maximum atomic E-state index is 12.6. The monoisotopic (exact) mass is 751 g/mol. The molecule has 0 fully saturated rings. The van der Waals surface area contributed by atoms with Crippen LogP contribution < -0.4 is 0 Å². The van der Waals surface area contributed by atoms with E-state index in [9.17, 15) is 14.4 Å². The van der Waals surface area contributed by atoms with Crippen LogP contribution >= 0.6 is 0 Å². The van der Waals surface area contributed by atoms with Gasteiger partial charge in [0.15, 0.2) is 6.10 Å². The van der Waals surface area contributed by atoms with Gasteiger partial charge in [0.1, 0.15) is 13.2 Å². The number of rotatable bonds is 41. The molecule has 0 unspecified atom stereocenters. The van der Waals surface area contributed by atoms with Crippen LogP contribution in [0.4, 0.5) is 0 Å². The SMILES string of the molecule is CCCCCCCCCC(=O)O[C@H](COC(=O)CCCCCCCCCCCCCCCCCC(C)C)COC(=O)CCCCCCCCCC(C)C. The van der Waals surface area contributed by atoms with E-state index in [2.05, 4.69) is 34.6 Å². The Balaban J connectivity index is 4.16. The molecular formula is C47H90O6. The third-order valence-corrected chi connectivity index (χ3v) is 10.5. The predicted octanol–water partition coefficient (Wildman–Crippen LogP) is 14.6. The van der Waals surface area contributed by atoms with E-state index in [1.807, 2.05) is 0 Å². The van der Waals surface area contributed by atoms with Crippen molar-refractivity contribution in [1.29, 1.82) is 0 Å². The molecule has 0 aliphatic heterocycles. The van der Waals surface area contributed by atoms with Crippen molar-refractivity contribution in [3.8, 4) is 0 Å². The van der Waals surface area contributed by atoms with Crippen molar-refractivity contribution >= 4 is 17.9 Å². The lowest BCUT2D eigenvalue weighted by Crippen LogP contribution is -2.30. The van der Waals surface area contributed by atoms with Crippen molar-refractivity contribution in [2.75, 3.05) is 13.2 Å². The molecule has 0 N–H and O–H groups in total. The van der Waals surface area contributed by atoms with Crippen molar-refractivity contribution < 1.29 is 28.6 Å². The largest absolute Gasteiger partial charge is 0.462 e. The van der Waals surface area contributed by atoms with Crippen LogP contribution in [-0.2, 0) is 28.6 Å². The van der Waals surface area contributed by atoms with Crippen LogP contribution in [0.1, 0.15) is 253 Å². The summed E-state index contributed by atoms with van der Waals surface area (Å²) in [4.78, 5) is 37.6. The maximum absolute atomic E-state index is 12.6. The first-order chi connectivity index (χ1) is 25.7. The Morgan fingerprint density at radius 1 is 0.358 bits per heavy atom. The highest BCUT2D eigenvalue weighted by molar-refractivity contribution is 5.71. The van der Waals surface area contributed by atoms with Gasteiger partial charge in [-0.2, -0.15) is 0 Å². The molecule has 0 saturated heterocycles. The number of hydrogen-bond acceptors (Lipinski definition) is 6. The summed E-state index contributed by atoms with van der Waals surface area (Å²) in [5, 5.41) is 0. The fourth-order valence-corrected chi connectivity index (χ4v) is 6.93. The normalized spacial score (nSPS) is 12.1. The molecule has 0 aliphatic carbocycles. The molecule has 0 spiro atoms. The lowest BCUT2D eigenvalue weighted by atomic mass is 10.0. The highest BCUT2D eigenvalue weighted by Gasteiger charge is 2.19. The van der Waals surface area contributed by atoms with Crippen LogP contribution in [0.5, 0.6) is 0 Å². The van der Waals surface area contributed by atoms with Gasteiger partial charge in [0.25, 0.3) is 0 Å². The highest BCUT2D eigenvalue weighted by atomic mass is 16.6. The van der Waals surface area contributed by atoms with Gasteiger partial charge in [-0.15, -0.1) is 0 Å². The first-order valence-electron chi connectivity index (χ1n) is 23.2. The Morgan fingerprint density at radius 2 is 0.623 bits per heavy atom. The van der Waals surface area contributed by atoms with Crippen molar-refractivity contribution in [3.05, 3.63) is 0 Å². The molecule has 6 heteroatoms. The smallest absolute Gasteiger partial charge is 0.306 e. The van der Waals surface area contributed by atoms with Gasteiger partial charge in [0, 0.05) is 19.3 Å². The van der Waals surface area contributed by atoms with E-state index in [0.29, 0.717) is 19.3 Å². The molecule has 53 heavy (non-hydrogen) atoms. The summed E-state index contributed by atoms with van der Waals surface area (Å²) in [5.74, 6) is 0.766. The average Bonchev–Trinajstić information content (AvgIpc) is 3.12. The van der Waals surface area contributed by atoms with Crippen LogP contribution in [0.2, 0.25) is 0 Å². The Bertz CT molecular complexity index is 809. The minimum Gasteiger partial charge on any atom is -0.462 e. The van der Waals surface area contributed by atoms with E-state index in [1.165, 1.54) is 141 Å². The fraction of sp³-hybridized carbons (Fsp3) is 0.936. The average molecular weight is 751 g/mol. The van der Waals surface area contributed by atoms with E-state index in [1.54, 1.807) is 0 Å². The molecule has 0 amide bonds. The van der Waals surface area contributed by atoms with Crippen molar-refractivity contribution in [1.82, 2.24) is 0 Å². The first kappa shape index (κ1) is 51.4. The molecular weight excluding hydrogens is 661 g/mol. The van der Waals surface area contributed by atoms with Gasteiger partial charge in [0.2, 0.25) is 0 Å². The summed E-state index contributed by atoms with van der Waals surface area (Å²) in [7, 11) is 0. The number of carbonyl (C=O) groups is 3. The standard InChI is InChI=1S/C47H90O6/c1-6-7-8-9-20-29-34-39-47(50)53-44(41-52-46(49)38-33-28-24-19-22-26-31-36-43(4)5)40-51-45(48)37-32-27-23-18-16-14-12-10-11-13-15-17-21-25-30-35-42(2)3/h42-44H,6-41H2,1-5H3/t44-/m1/s1. The van der Waals surface area contributed by atoms with E-state index in [4.69, 9.17) is 14.2 Å². The summed E-state index contributed by atoms with van der Waals surface area (Å²) in [6, 6.07) is 0. The van der Waals surface area contributed by atoms with Crippen LogP contribution in [0.3, 0.4) is 0 Å². The lowest BCUT2D eigenvalue weighted by molar-refractivity contribution is -0.167. The minimum atomic E-state index is -0.759. The number of unbranched alkanes of at least 4 members (excludes halogenated alkanes) is 26. The van der Waals surface area contributed by atoms with Crippen LogP contribution in [-0.4, -0.2) is 37.2 Å². The molecule has 0 aromatic heterocycles. The number of esters is 3. The Hall–Kier alpha value is -1.59. The van der Waals surface area contributed by atoms with Gasteiger partial charge in [-0.25, -0.2) is 0 Å². The summed E-state index contributed by atoms with van der Waals surface area (Å²) in [6.45, 7) is 11.3. The second kappa shape index (κ2) is 40.1. The molecule has 0 aromatic rings. The predicted molar refractivity (Wildman–Crippen MR) is 224 cm³/mol. The van der Waals surface area contributed by atoms with E-state index in [0.717, 1.165) is 69.6 Å². The van der Waals surface area contributed by atoms with E-state index in [-0.39, 0.29) is 31.1 Å². The van der Waals surface area contributed by atoms with Crippen molar-refractivity contribution in [2.45, 2.75) is 259 Å². The van der Waals surface area contributed by atoms with Crippen LogP contribution in [0, 0.1) is 11.8 Å². The molecule has 0 aliphatic rings. The van der Waals surface area contributed by atoms with Crippen LogP contribution in [0.15, 0.2) is 0 Å². The number of carbonyl (C=O) groups excluding carboxylic acids is 3. The molecule has 0 heterocycles. The lowest BCUT2D eigenvalue weighted by Gasteiger charge is -2.18. The first-order valence-corrected chi connectivity index (χ1v) is 23.2. The molecule has 0 rings (SSSR count). The Kier molecular flexibility index (Phi) is 38.9. The van der Waals surface area contributed by atoms with Gasteiger partial charge < -0.3 is 14.2 Å². The second-order valence-corrected chi connectivity index (χ2v) is 17.0. The summed E-state index contributed by atoms with van der Waals surface area (Å²) >= 11 is 0. The zero-order valence-electron chi connectivity index (χ0n) is 36.1. The molecule has 0 aromatic carbocycles.